The van der Waals surface area contributed by atoms with Gasteiger partial charge in [0, 0.05) is 5.56 Å². The van der Waals surface area contributed by atoms with E-state index in [9.17, 15) is 14.7 Å². The molecular formula is C22H28O4. The molecule has 140 valence electrons. The third kappa shape index (κ3) is 2.88. The number of benzene rings is 1. The van der Waals surface area contributed by atoms with Crippen LogP contribution in [0.5, 0.6) is 0 Å². The quantitative estimate of drug-likeness (QED) is 0.659. The van der Waals surface area contributed by atoms with Gasteiger partial charge in [-0.05, 0) is 88.3 Å². The van der Waals surface area contributed by atoms with Gasteiger partial charge in [-0.1, -0.05) is 12.1 Å². The molecule has 4 saturated carbocycles. The molecule has 4 heteroatoms. The maximum atomic E-state index is 13.0. The highest BCUT2D eigenvalue weighted by Gasteiger charge is 2.61. The van der Waals surface area contributed by atoms with Gasteiger partial charge in [0.25, 0.3) is 0 Å². The van der Waals surface area contributed by atoms with Crippen LogP contribution in [0.25, 0.3) is 0 Å². The van der Waals surface area contributed by atoms with Gasteiger partial charge < -0.3 is 9.84 Å². The van der Waals surface area contributed by atoms with Crippen molar-refractivity contribution in [2.45, 2.75) is 71.0 Å². The molecule has 3 atom stereocenters. The number of hydrogen-bond acceptors (Lipinski definition) is 4. The lowest BCUT2D eigenvalue weighted by molar-refractivity contribution is -0.197. The number of ether oxygens (including phenoxy) is 1. The zero-order valence-electron chi connectivity index (χ0n) is 15.9. The van der Waals surface area contributed by atoms with Crippen molar-refractivity contribution in [3.8, 4) is 0 Å². The van der Waals surface area contributed by atoms with Crippen molar-refractivity contribution in [2.75, 3.05) is 0 Å². The summed E-state index contributed by atoms with van der Waals surface area (Å²) >= 11 is 0. The predicted molar refractivity (Wildman–Crippen MR) is 97.9 cm³/mol. The molecule has 0 aliphatic heterocycles. The summed E-state index contributed by atoms with van der Waals surface area (Å²) in [4.78, 5) is 25.7. The molecule has 4 aliphatic rings. The summed E-state index contributed by atoms with van der Waals surface area (Å²) in [6.07, 6.45) is 4.05. The summed E-state index contributed by atoms with van der Waals surface area (Å²) in [5, 5.41) is 10.8. The summed E-state index contributed by atoms with van der Waals surface area (Å²) in [7, 11) is 0. The van der Waals surface area contributed by atoms with Crippen molar-refractivity contribution in [3.63, 3.8) is 0 Å². The first-order chi connectivity index (χ1) is 12.2. The highest BCUT2D eigenvalue weighted by Crippen LogP contribution is 2.62. The molecular weight excluding hydrogens is 328 g/mol. The number of aryl methyl sites for hydroxylation is 2. The van der Waals surface area contributed by atoms with Crippen molar-refractivity contribution < 1.29 is 19.4 Å². The molecule has 0 spiro atoms. The summed E-state index contributed by atoms with van der Waals surface area (Å²) in [5.74, 6) is 0.388. The smallest absolute Gasteiger partial charge is 0.312 e. The van der Waals surface area contributed by atoms with Crippen molar-refractivity contribution >= 4 is 11.8 Å². The van der Waals surface area contributed by atoms with E-state index < -0.39 is 17.1 Å². The first-order valence-corrected chi connectivity index (χ1v) is 9.75. The Hall–Kier alpha value is -1.68. The maximum absolute atomic E-state index is 13.0. The van der Waals surface area contributed by atoms with Crippen LogP contribution in [0, 0.1) is 31.1 Å². The number of hydrogen-bond donors (Lipinski definition) is 1. The molecule has 1 aromatic rings. The average Bonchev–Trinajstić information content (AvgIpc) is 2.54. The minimum atomic E-state index is -0.799. The highest BCUT2D eigenvalue weighted by molar-refractivity contribution is 6.00. The fourth-order valence-electron chi connectivity index (χ4n) is 5.92. The number of carbonyl (C=O) groups excluding carboxylic acids is 2. The summed E-state index contributed by atoms with van der Waals surface area (Å²) in [6.45, 7) is 5.63. The van der Waals surface area contributed by atoms with Crippen molar-refractivity contribution in [1.29, 1.82) is 0 Å². The van der Waals surface area contributed by atoms with E-state index in [1.807, 2.05) is 26.0 Å². The zero-order chi connectivity index (χ0) is 18.7. The van der Waals surface area contributed by atoms with Crippen molar-refractivity contribution in [2.24, 2.45) is 17.3 Å². The fourth-order valence-corrected chi connectivity index (χ4v) is 5.92. The minimum Gasteiger partial charge on any atom is -0.454 e. The van der Waals surface area contributed by atoms with E-state index in [0.717, 1.165) is 43.2 Å². The molecule has 4 fully saturated rings. The van der Waals surface area contributed by atoms with Gasteiger partial charge in [0.1, 0.15) is 0 Å². The molecule has 4 nitrogen and oxygen atoms in total. The summed E-state index contributed by atoms with van der Waals surface area (Å²) in [5.41, 5.74) is 1.48. The van der Waals surface area contributed by atoms with E-state index in [1.54, 1.807) is 13.0 Å². The standard InChI is InChI=1S/C22H28O4/c1-13-4-5-18(6-14(13)2)19(23)15(3)26-20(24)21-8-16-7-17(9-21)11-22(25,10-16)12-21/h4-6,15-17,25H,7-12H2,1-3H3/t15-,16-,17-,21?,22?/m1/s1. The number of rotatable bonds is 4. The molecule has 0 radical (unpaired) electrons. The van der Waals surface area contributed by atoms with E-state index in [4.69, 9.17) is 4.74 Å². The summed E-state index contributed by atoms with van der Waals surface area (Å²) < 4.78 is 5.67. The van der Waals surface area contributed by atoms with E-state index in [2.05, 4.69) is 0 Å². The Morgan fingerprint density at radius 2 is 1.77 bits per heavy atom. The van der Waals surface area contributed by atoms with Crippen LogP contribution in [-0.2, 0) is 9.53 Å². The molecule has 4 bridgehead atoms. The number of aliphatic hydroxyl groups is 1. The Morgan fingerprint density at radius 3 is 2.35 bits per heavy atom. The van der Waals surface area contributed by atoms with Gasteiger partial charge in [-0.3, -0.25) is 9.59 Å². The molecule has 0 aromatic heterocycles. The van der Waals surface area contributed by atoms with Crippen molar-refractivity contribution in [1.82, 2.24) is 0 Å². The average molecular weight is 356 g/mol. The third-order valence-electron chi connectivity index (χ3n) is 6.91. The van der Waals surface area contributed by atoms with E-state index in [0.29, 0.717) is 23.8 Å². The van der Waals surface area contributed by atoms with Gasteiger partial charge in [0.15, 0.2) is 6.10 Å². The number of ketones is 1. The Kier molecular flexibility index (Phi) is 4.03. The van der Waals surface area contributed by atoms with Gasteiger partial charge in [0.05, 0.1) is 11.0 Å². The predicted octanol–water partition coefficient (Wildman–Crippen LogP) is 3.75. The Morgan fingerprint density at radius 1 is 1.12 bits per heavy atom. The first-order valence-electron chi connectivity index (χ1n) is 9.75. The van der Waals surface area contributed by atoms with Gasteiger partial charge in [-0.2, -0.15) is 0 Å². The second-order valence-corrected chi connectivity index (χ2v) is 9.18. The van der Waals surface area contributed by atoms with Crippen LogP contribution in [0.2, 0.25) is 0 Å². The monoisotopic (exact) mass is 356 g/mol. The van der Waals surface area contributed by atoms with Gasteiger partial charge in [0.2, 0.25) is 5.78 Å². The maximum Gasteiger partial charge on any atom is 0.312 e. The molecule has 0 amide bonds. The molecule has 26 heavy (non-hydrogen) atoms. The largest absolute Gasteiger partial charge is 0.454 e. The molecule has 4 aliphatic carbocycles. The normalized spacial score (nSPS) is 36.0. The van der Waals surface area contributed by atoms with Crippen LogP contribution in [0.4, 0.5) is 0 Å². The minimum absolute atomic E-state index is 0.162. The molecule has 0 heterocycles. The molecule has 1 N–H and O–H groups in total. The van der Waals surface area contributed by atoms with Gasteiger partial charge in [-0.15, -0.1) is 0 Å². The van der Waals surface area contributed by atoms with Crippen LogP contribution in [-0.4, -0.2) is 28.6 Å². The number of esters is 1. The number of Topliss-reactive ketones (excluding diaryl/α,β-unsaturated/α-hetero) is 1. The van der Waals surface area contributed by atoms with Crippen LogP contribution >= 0.6 is 0 Å². The lowest BCUT2D eigenvalue weighted by atomic mass is 9.48. The molecule has 0 saturated heterocycles. The fraction of sp³-hybridized carbons (Fsp3) is 0.636. The topological polar surface area (TPSA) is 63.6 Å². The van der Waals surface area contributed by atoms with Crippen LogP contribution in [0.3, 0.4) is 0 Å². The Bertz CT molecular complexity index is 751. The van der Waals surface area contributed by atoms with E-state index in [1.165, 1.54) is 0 Å². The number of carbonyl (C=O) groups is 2. The van der Waals surface area contributed by atoms with Crippen LogP contribution < -0.4 is 0 Å². The SMILES string of the molecule is Cc1ccc(C(=O)[C@@H](C)OC(=O)C23C[C@H]4C[C@@H](CC(O)(C4)C2)C3)cc1C. The van der Waals surface area contributed by atoms with E-state index in [-0.39, 0.29) is 11.8 Å². The van der Waals surface area contributed by atoms with Gasteiger partial charge in [-0.25, -0.2) is 0 Å². The second kappa shape index (κ2) is 5.91. The van der Waals surface area contributed by atoms with Crippen LogP contribution in [0.15, 0.2) is 18.2 Å². The van der Waals surface area contributed by atoms with Gasteiger partial charge >= 0.3 is 5.97 Å². The Balaban J connectivity index is 1.49. The second-order valence-electron chi connectivity index (χ2n) is 9.18. The van der Waals surface area contributed by atoms with Crippen LogP contribution in [0.1, 0.15) is 66.9 Å². The zero-order valence-corrected chi connectivity index (χ0v) is 15.9. The molecule has 5 rings (SSSR count). The van der Waals surface area contributed by atoms with Crippen molar-refractivity contribution in [3.05, 3.63) is 34.9 Å². The third-order valence-corrected chi connectivity index (χ3v) is 6.91. The highest BCUT2D eigenvalue weighted by atomic mass is 16.5. The lowest BCUT2D eigenvalue weighted by Gasteiger charge is -2.58. The lowest BCUT2D eigenvalue weighted by Crippen LogP contribution is -2.58. The first kappa shape index (κ1) is 17.7. The van der Waals surface area contributed by atoms with E-state index >= 15 is 0 Å². The summed E-state index contributed by atoms with van der Waals surface area (Å²) in [6, 6.07) is 5.57. The Labute approximate surface area is 154 Å². The molecule has 0 unspecified atom stereocenters. The molecule has 1 aromatic carbocycles.